The number of aromatic amines is 2. The zero-order valence-electron chi connectivity index (χ0n) is 21.6. The molecule has 0 spiro atoms. The number of rotatable bonds is 9. The van der Waals surface area contributed by atoms with Gasteiger partial charge in [-0.15, -0.1) is 0 Å². The van der Waals surface area contributed by atoms with E-state index in [4.69, 9.17) is 0 Å². The van der Waals surface area contributed by atoms with Gasteiger partial charge in [-0.3, -0.25) is 19.1 Å². The Bertz CT molecular complexity index is 1980. The van der Waals surface area contributed by atoms with Gasteiger partial charge in [0.15, 0.2) is 5.65 Å². The molecule has 210 valence electrons. The second-order valence-electron chi connectivity index (χ2n) is 10.2. The van der Waals surface area contributed by atoms with Crippen molar-refractivity contribution < 1.29 is 17.2 Å². The minimum Gasteiger partial charge on any atom is -0.336 e. The molecule has 2 heterocycles. The highest BCUT2D eigenvalue weighted by Gasteiger charge is 2.27. The van der Waals surface area contributed by atoms with Gasteiger partial charge in [0.25, 0.3) is 15.6 Å². The van der Waals surface area contributed by atoms with Crippen LogP contribution in [0.5, 0.6) is 0 Å². The van der Waals surface area contributed by atoms with E-state index in [9.17, 15) is 26.8 Å². The third-order valence-electron chi connectivity index (χ3n) is 7.17. The minimum absolute atomic E-state index is 0.151. The second-order valence-corrected chi connectivity index (χ2v) is 11.8. The summed E-state index contributed by atoms with van der Waals surface area (Å²) in [5, 5.41) is 0. The van der Waals surface area contributed by atoms with Crippen LogP contribution in [0, 0.1) is 17.6 Å². The lowest BCUT2D eigenvalue weighted by Crippen LogP contribution is -2.30. The van der Waals surface area contributed by atoms with Crippen LogP contribution in [0.1, 0.15) is 35.7 Å². The first-order chi connectivity index (χ1) is 19.7. The molecule has 0 amide bonds. The van der Waals surface area contributed by atoms with Crippen LogP contribution in [0.3, 0.4) is 0 Å². The molecule has 1 unspecified atom stereocenters. The first-order valence-corrected chi connectivity index (χ1v) is 14.5. The summed E-state index contributed by atoms with van der Waals surface area (Å²) in [4.78, 5) is 35.1. The lowest BCUT2D eigenvalue weighted by molar-refractivity contribution is 0.595. The van der Waals surface area contributed by atoms with Crippen LogP contribution in [0.25, 0.3) is 11.2 Å². The van der Waals surface area contributed by atoms with Crippen LogP contribution < -0.4 is 16.0 Å². The summed E-state index contributed by atoms with van der Waals surface area (Å²) in [5.41, 5.74) is 0.570. The van der Waals surface area contributed by atoms with E-state index in [-0.39, 0.29) is 28.2 Å². The molecule has 12 heteroatoms. The maximum Gasteiger partial charge on any atom is 0.330 e. The van der Waals surface area contributed by atoms with E-state index in [2.05, 4.69) is 19.7 Å². The summed E-state index contributed by atoms with van der Waals surface area (Å²) in [7, 11) is -4.04. The number of nitrogens with one attached hydrogen (secondary N) is 3. The average molecular weight is 578 g/mol. The number of imidazole rings is 1. The van der Waals surface area contributed by atoms with E-state index < -0.39 is 38.8 Å². The third kappa shape index (κ3) is 5.55. The van der Waals surface area contributed by atoms with Crippen LogP contribution in [-0.2, 0) is 23.0 Å². The molecule has 6 rings (SSSR count). The summed E-state index contributed by atoms with van der Waals surface area (Å²) in [6.45, 7) is 0.439. The maximum atomic E-state index is 14.7. The molecule has 0 saturated heterocycles. The molecule has 5 aromatic rings. The maximum absolute atomic E-state index is 14.7. The topological polar surface area (TPSA) is 130 Å². The van der Waals surface area contributed by atoms with Gasteiger partial charge in [0.1, 0.15) is 23.0 Å². The van der Waals surface area contributed by atoms with Crippen molar-refractivity contribution >= 4 is 26.9 Å². The molecular formula is C29H25F2N5O4S. The third-order valence-corrected chi connectivity index (χ3v) is 8.55. The largest absolute Gasteiger partial charge is 0.336 e. The molecule has 1 fully saturated rings. The normalized spacial score (nSPS) is 14.3. The fraction of sp³-hybridized carbons (Fsp3) is 0.207. The Morgan fingerprint density at radius 3 is 2.44 bits per heavy atom. The Labute approximate surface area is 233 Å². The van der Waals surface area contributed by atoms with Gasteiger partial charge in [0.05, 0.1) is 4.90 Å². The summed E-state index contributed by atoms with van der Waals surface area (Å²) < 4.78 is 57.7. The van der Waals surface area contributed by atoms with Crippen molar-refractivity contribution in [2.75, 3.05) is 4.72 Å². The van der Waals surface area contributed by atoms with Crippen molar-refractivity contribution in [3.05, 3.63) is 122 Å². The predicted molar refractivity (Wildman–Crippen MR) is 149 cm³/mol. The molecule has 41 heavy (non-hydrogen) atoms. The van der Waals surface area contributed by atoms with Gasteiger partial charge < -0.3 is 4.98 Å². The van der Waals surface area contributed by atoms with Crippen LogP contribution in [0.15, 0.2) is 87.3 Å². The van der Waals surface area contributed by atoms with E-state index in [1.807, 2.05) is 0 Å². The number of fused-ring (bicyclic) bond motifs is 1. The Balaban J connectivity index is 1.39. The van der Waals surface area contributed by atoms with Gasteiger partial charge in [0, 0.05) is 18.2 Å². The quantitative estimate of drug-likeness (QED) is 0.241. The average Bonchev–Trinajstić information content (AvgIpc) is 3.66. The monoisotopic (exact) mass is 577 g/mol. The zero-order valence-corrected chi connectivity index (χ0v) is 22.4. The van der Waals surface area contributed by atoms with Gasteiger partial charge in [0.2, 0.25) is 0 Å². The van der Waals surface area contributed by atoms with Gasteiger partial charge in [-0.05, 0) is 72.7 Å². The lowest BCUT2D eigenvalue weighted by atomic mass is 9.91. The highest BCUT2D eigenvalue weighted by atomic mass is 32.2. The fourth-order valence-electron chi connectivity index (χ4n) is 4.84. The molecule has 0 radical (unpaired) electrons. The smallest absolute Gasteiger partial charge is 0.330 e. The molecule has 3 aromatic carbocycles. The second kappa shape index (κ2) is 10.4. The van der Waals surface area contributed by atoms with Crippen LogP contribution in [0.2, 0.25) is 0 Å². The molecule has 0 bridgehead atoms. The molecule has 9 nitrogen and oxygen atoms in total. The number of halogens is 2. The number of aromatic nitrogens is 4. The summed E-state index contributed by atoms with van der Waals surface area (Å²) in [5.74, 6) is -0.947. The minimum atomic E-state index is -4.04. The van der Waals surface area contributed by atoms with Crippen molar-refractivity contribution in [2.24, 2.45) is 5.92 Å². The van der Waals surface area contributed by atoms with Crippen molar-refractivity contribution in [2.45, 2.75) is 36.6 Å². The van der Waals surface area contributed by atoms with Crippen molar-refractivity contribution in [3.8, 4) is 0 Å². The number of hydrogen-bond donors (Lipinski definition) is 3. The molecule has 1 atom stereocenters. The zero-order chi connectivity index (χ0) is 28.7. The van der Waals surface area contributed by atoms with Gasteiger partial charge >= 0.3 is 5.69 Å². The molecule has 1 aliphatic carbocycles. The highest BCUT2D eigenvalue weighted by molar-refractivity contribution is 7.92. The number of benzene rings is 3. The fourth-order valence-corrected chi connectivity index (χ4v) is 5.93. The summed E-state index contributed by atoms with van der Waals surface area (Å²) in [6.07, 6.45) is 2.16. The Kier molecular flexibility index (Phi) is 6.78. The first-order valence-electron chi connectivity index (χ1n) is 13.0. The molecular weight excluding hydrogens is 552 g/mol. The number of hydrogen-bond acceptors (Lipinski definition) is 5. The SMILES string of the molecule is O=c1[nH]c(=O)n(CC2CC2)c2nc(C(Cc3ccccc3F)c3ccc(NS(=O)(=O)c4cccc(F)c4)cc3)[nH]c12. The summed E-state index contributed by atoms with van der Waals surface area (Å²) in [6, 6.07) is 17.4. The Morgan fingerprint density at radius 1 is 0.976 bits per heavy atom. The van der Waals surface area contributed by atoms with Crippen LogP contribution in [-0.4, -0.2) is 27.9 Å². The van der Waals surface area contributed by atoms with Crippen molar-refractivity contribution in [3.63, 3.8) is 0 Å². The molecule has 1 aliphatic rings. The lowest BCUT2D eigenvalue weighted by Gasteiger charge is -2.17. The molecule has 1 saturated carbocycles. The number of sulfonamides is 1. The van der Waals surface area contributed by atoms with E-state index >= 15 is 0 Å². The Morgan fingerprint density at radius 2 is 1.73 bits per heavy atom. The molecule has 2 aromatic heterocycles. The van der Waals surface area contributed by atoms with Gasteiger partial charge in [-0.25, -0.2) is 27.0 Å². The van der Waals surface area contributed by atoms with Crippen LogP contribution in [0.4, 0.5) is 14.5 Å². The van der Waals surface area contributed by atoms with E-state index in [1.165, 1.54) is 22.8 Å². The number of anilines is 1. The van der Waals surface area contributed by atoms with E-state index in [1.54, 1.807) is 42.5 Å². The van der Waals surface area contributed by atoms with E-state index in [0.717, 1.165) is 25.0 Å². The number of nitrogens with zero attached hydrogens (tertiary/aromatic N) is 2. The number of H-pyrrole nitrogens is 2. The summed E-state index contributed by atoms with van der Waals surface area (Å²) >= 11 is 0. The van der Waals surface area contributed by atoms with E-state index in [0.29, 0.717) is 29.4 Å². The molecule has 3 N–H and O–H groups in total. The van der Waals surface area contributed by atoms with Gasteiger partial charge in [-0.1, -0.05) is 36.4 Å². The predicted octanol–water partition coefficient (Wildman–Crippen LogP) is 4.28. The van der Waals surface area contributed by atoms with Crippen molar-refractivity contribution in [1.82, 2.24) is 19.5 Å². The van der Waals surface area contributed by atoms with Crippen molar-refractivity contribution in [1.29, 1.82) is 0 Å². The highest BCUT2D eigenvalue weighted by Crippen LogP contribution is 2.32. The molecule has 0 aliphatic heterocycles. The standard InChI is InChI=1S/C29H25F2N5O4S/c30-20-5-3-6-22(15-20)41(39,40)35-21-12-10-18(11-13-21)23(14-19-4-1-2-7-24(19)31)26-32-25-27(33-26)36(16-17-8-9-17)29(38)34-28(25)37/h1-7,10-13,15,17,23,35H,8-9,14,16H2,(H,32,33)(H,34,37,38). The first kappa shape index (κ1) is 26.6. The Hall–Kier alpha value is -4.58. The van der Waals surface area contributed by atoms with Gasteiger partial charge in [-0.2, -0.15) is 0 Å². The van der Waals surface area contributed by atoms with Crippen LogP contribution >= 0.6 is 0 Å².